The van der Waals surface area contributed by atoms with Gasteiger partial charge in [0.1, 0.15) is 11.5 Å². The van der Waals surface area contributed by atoms with Crippen LogP contribution >= 0.6 is 11.6 Å². The lowest BCUT2D eigenvalue weighted by atomic mass is 9.86. The fourth-order valence-corrected chi connectivity index (χ4v) is 3.90. The molecule has 0 spiro atoms. The Bertz CT molecular complexity index is 1450. The summed E-state index contributed by atoms with van der Waals surface area (Å²) in [5.74, 6) is -1.22. The smallest absolute Gasteiger partial charge is 0.375 e. The van der Waals surface area contributed by atoms with Crippen LogP contribution in [0.5, 0.6) is 0 Å². The van der Waals surface area contributed by atoms with E-state index in [1.54, 1.807) is 26.1 Å². The minimum Gasteiger partial charge on any atom is -0.375 e. The largest absolute Gasteiger partial charge is 0.422 e. The van der Waals surface area contributed by atoms with Crippen molar-refractivity contribution >= 4 is 23.2 Å². The molecule has 0 radical (unpaired) electrons. The number of alkyl halides is 3. The summed E-state index contributed by atoms with van der Waals surface area (Å²) in [5, 5.41) is 10.8. The van der Waals surface area contributed by atoms with E-state index in [9.17, 15) is 27.5 Å². The zero-order chi connectivity index (χ0) is 27.2. The van der Waals surface area contributed by atoms with Gasteiger partial charge in [0, 0.05) is 36.1 Å². The van der Waals surface area contributed by atoms with Crippen LogP contribution in [0.25, 0.3) is 17.0 Å². The van der Waals surface area contributed by atoms with Crippen molar-refractivity contribution in [3.05, 3.63) is 82.8 Å². The number of hydrogen-bond donors (Lipinski definition) is 2. The molecule has 0 amide bonds. The Kier molecular flexibility index (Phi) is 6.82. The SMILES string of the molecule is CC(C)(N)c1cc(-c2ccc(F)c(Cl)c2)nc(C(O)(CCC(=O)c2cn3cccnc3n2)C(F)(F)F)c1. The third kappa shape index (κ3) is 5.34. The molecule has 1 unspecified atom stereocenters. The van der Waals surface area contributed by atoms with Gasteiger partial charge < -0.3 is 10.8 Å². The van der Waals surface area contributed by atoms with Crippen LogP contribution in [0.3, 0.4) is 0 Å². The highest BCUT2D eigenvalue weighted by Gasteiger charge is 2.56. The van der Waals surface area contributed by atoms with Gasteiger partial charge >= 0.3 is 6.18 Å². The molecule has 0 aliphatic heterocycles. The number of carbonyl (C=O) groups excluding carboxylic acids is 1. The maximum atomic E-state index is 14.4. The fraction of sp³-hybridized carbons (Fsp3) is 0.280. The number of nitrogens with two attached hydrogens (primary N) is 1. The van der Waals surface area contributed by atoms with Crippen LogP contribution in [-0.4, -0.2) is 36.4 Å². The summed E-state index contributed by atoms with van der Waals surface area (Å²) in [6, 6.07) is 7.67. The summed E-state index contributed by atoms with van der Waals surface area (Å²) in [7, 11) is 0. The molecule has 0 aliphatic rings. The molecule has 1 aromatic carbocycles. The van der Waals surface area contributed by atoms with Crippen molar-refractivity contribution in [1.82, 2.24) is 19.4 Å². The molecule has 37 heavy (non-hydrogen) atoms. The second-order valence-electron chi connectivity index (χ2n) is 9.21. The van der Waals surface area contributed by atoms with Gasteiger partial charge in [-0.2, -0.15) is 13.2 Å². The molecule has 12 heteroatoms. The second kappa shape index (κ2) is 9.47. The molecule has 3 aromatic heterocycles. The Hall–Kier alpha value is -3.41. The van der Waals surface area contributed by atoms with Crippen molar-refractivity contribution in [2.24, 2.45) is 5.73 Å². The van der Waals surface area contributed by atoms with E-state index in [0.29, 0.717) is 0 Å². The zero-order valence-corrected chi connectivity index (χ0v) is 20.5. The van der Waals surface area contributed by atoms with Crippen molar-refractivity contribution in [3.8, 4) is 11.3 Å². The van der Waals surface area contributed by atoms with Crippen molar-refractivity contribution < 1.29 is 27.5 Å². The summed E-state index contributed by atoms with van der Waals surface area (Å²) < 4.78 is 58.2. The van der Waals surface area contributed by atoms with Crippen LogP contribution in [0.15, 0.2) is 55.0 Å². The summed E-state index contributed by atoms with van der Waals surface area (Å²) >= 11 is 5.86. The summed E-state index contributed by atoms with van der Waals surface area (Å²) in [5.41, 5.74) is 1.14. The Labute approximate surface area is 214 Å². The highest BCUT2D eigenvalue weighted by molar-refractivity contribution is 6.31. The van der Waals surface area contributed by atoms with Gasteiger partial charge in [0.15, 0.2) is 5.78 Å². The van der Waals surface area contributed by atoms with Crippen LogP contribution < -0.4 is 5.73 Å². The van der Waals surface area contributed by atoms with Crippen LogP contribution in [0.2, 0.25) is 5.02 Å². The van der Waals surface area contributed by atoms with E-state index >= 15 is 0 Å². The lowest BCUT2D eigenvalue weighted by Gasteiger charge is -2.31. The number of imidazole rings is 1. The topological polar surface area (TPSA) is 106 Å². The van der Waals surface area contributed by atoms with Crippen LogP contribution in [0.4, 0.5) is 17.6 Å². The predicted octanol–water partition coefficient (Wildman–Crippen LogP) is 5.19. The molecular formula is C25H22ClF4N5O2. The van der Waals surface area contributed by atoms with Crippen molar-refractivity contribution in [2.75, 3.05) is 0 Å². The van der Waals surface area contributed by atoms with Gasteiger partial charge in [-0.05, 0) is 62.2 Å². The average Bonchev–Trinajstić information content (AvgIpc) is 3.27. The van der Waals surface area contributed by atoms with E-state index in [4.69, 9.17) is 17.3 Å². The molecule has 194 valence electrons. The first-order chi connectivity index (χ1) is 17.2. The van der Waals surface area contributed by atoms with E-state index in [-0.39, 0.29) is 33.3 Å². The van der Waals surface area contributed by atoms with Crippen LogP contribution in [0, 0.1) is 5.82 Å². The van der Waals surface area contributed by atoms with E-state index in [1.165, 1.54) is 35.0 Å². The number of halogens is 5. The maximum Gasteiger partial charge on any atom is 0.422 e. The van der Waals surface area contributed by atoms with Gasteiger partial charge in [0.05, 0.1) is 16.4 Å². The van der Waals surface area contributed by atoms with Gasteiger partial charge in [-0.15, -0.1) is 0 Å². The quantitative estimate of drug-likeness (QED) is 0.249. The van der Waals surface area contributed by atoms with Crippen molar-refractivity contribution in [3.63, 3.8) is 0 Å². The normalized spacial score (nSPS) is 14.1. The molecular weight excluding hydrogens is 514 g/mol. The number of fused-ring (bicyclic) bond motifs is 1. The highest BCUT2D eigenvalue weighted by Crippen LogP contribution is 2.43. The molecule has 4 aromatic rings. The van der Waals surface area contributed by atoms with Crippen molar-refractivity contribution in [2.45, 2.75) is 44.0 Å². The number of hydrogen-bond acceptors (Lipinski definition) is 6. The minimum atomic E-state index is -5.20. The molecule has 1 atom stereocenters. The average molecular weight is 536 g/mol. The molecule has 0 saturated heterocycles. The molecule has 3 N–H and O–H groups in total. The third-order valence-corrected chi connectivity index (χ3v) is 6.20. The monoisotopic (exact) mass is 535 g/mol. The maximum absolute atomic E-state index is 14.4. The first-order valence-corrected chi connectivity index (χ1v) is 11.5. The predicted molar refractivity (Wildman–Crippen MR) is 128 cm³/mol. The molecule has 0 fully saturated rings. The first-order valence-electron chi connectivity index (χ1n) is 11.1. The Morgan fingerprint density at radius 3 is 2.51 bits per heavy atom. The lowest BCUT2D eigenvalue weighted by molar-refractivity contribution is -0.270. The zero-order valence-electron chi connectivity index (χ0n) is 19.7. The summed E-state index contributed by atoms with van der Waals surface area (Å²) in [4.78, 5) is 24.8. The Morgan fingerprint density at radius 2 is 1.89 bits per heavy atom. The number of aromatic nitrogens is 4. The van der Waals surface area contributed by atoms with E-state index in [1.807, 2.05) is 0 Å². The number of benzene rings is 1. The van der Waals surface area contributed by atoms with Gasteiger partial charge in [-0.3, -0.25) is 9.20 Å². The Morgan fingerprint density at radius 1 is 1.16 bits per heavy atom. The van der Waals surface area contributed by atoms with E-state index in [0.717, 1.165) is 12.1 Å². The number of ketones is 1. The van der Waals surface area contributed by atoms with Gasteiger partial charge in [-0.25, -0.2) is 19.3 Å². The number of Topliss-reactive ketones (excluding diaryl/α,β-unsaturated/α-hetero) is 1. The molecule has 3 heterocycles. The van der Waals surface area contributed by atoms with Gasteiger partial charge in [0.25, 0.3) is 0 Å². The number of pyridine rings is 1. The van der Waals surface area contributed by atoms with Crippen LogP contribution in [-0.2, 0) is 11.1 Å². The third-order valence-electron chi connectivity index (χ3n) is 5.91. The van der Waals surface area contributed by atoms with Crippen molar-refractivity contribution in [1.29, 1.82) is 0 Å². The number of aliphatic hydroxyl groups is 1. The number of nitrogens with zero attached hydrogens (tertiary/aromatic N) is 4. The van der Waals surface area contributed by atoms with E-state index in [2.05, 4.69) is 15.0 Å². The molecule has 0 saturated carbocycles. The lowest BCUT2D eigenvalue weighted by Crippen LogP contribution is -2.44. The molecule has 7 nitrogen and oxygen atoms in total. The molecule has 0 aliphatic carbocycles. The number of rotatable bonds is 7. The fourth-order valence-electron chi connectivity index (χ4n) is 3.72. The first kappa shape index (κ1) is 26.6. The highest BCUT2D eigenvalue weighted by atomic mass is 35.5. The van der Waals surface area contributed by atoms with Crippen LogP contribution in [0.1, 0.15) is 48.4 Å². The number of carbonyl (C=O) groups is 1. The summed E-state index contributed by atoms with van der Waals surface area (Å²) in [6.07, 6.45) is -2.51. The van der Waals surface area contributed by atoms with Gasteiger partial charge in [0.2, 0.25) is 11.4 Å². The molecule has 0 bridgehead atoms. The summed E-state index contributed by atoms with van der Waals surface area (Å²) in [6.45, 7) is 3.14. The standard InChI is InChI=1S/C25H22ClF4N5O2/c1-23(2,31)15-11-18(14-4-5-17(27)16(26)10-14)33-21(12-15)24(37,25(28,29)30)7-6-20(36)19-13-35-9-3-8-32-22(35)34-19/h3-5,8-13,37H,6-7,31H2,1-2H3. The second-order valence-corrected chi connectivity index (χ2v) is 9.62. The molecule has 4 rings (SSSR count). The Balaban J connectivity index is 1.76. The minimum absolute atomic E-state index is 0.00616. The van der Waals surface area contributed by atoms with Gasteiger partial charge in [-0.1, -0.05) is 11.6 Å². The van der Waals surface area contributed by atoms with E-state index < -0.39 is 47.5 Å².